The van der Waals surface area contributed by atoms with E-state index < -0.39 is 0 Å². The van der Waals surface area contributed by atoms with Crippen molar-refractivity contribution in [3.63, 3.8) is 0 Å². The molecule has 0 aliphatic carbocycles. The van der Waals surface area contributed by atoms with Gasteiger partial charge in [0.2, 0.25) is 0 Å². The van der Waals surface area contributed by atoms with E-state index in [0.29, 0.717) is 5.92 Å². The molecule has 0 saturated heterocycles. The van der Waals surface area contributed by atoms with Gasteiger partial charge in [-0.3, -0.25) is 5.43 Å². The number of hydrogen-bond donors (Lipinski definition) is 2. The molecule has 4 heteroatoms. The molecule has 0 radical (unpaired) electrons. The summed E-state index contributed by atoms with van der Waals surface area (Å²) >= 11 is 0. The second-order valence-electron chi connectivity index (χ2n) is 2.91. The molecule has 0 bridgehead atoms. The lowest BCUT2D eigenvalue weighted by molar-refractivity contribution is 0.259. The van der Waals surface area contributed by atoms with Gasteiger partial charge in [-0.1, -0.05) is 13.8 Å². The van der Waals surface area contributed by atoms with Gasteiger partial charge in [0.1, 0.15) is 5.84 Å². The average molecular weight is 142 g/mol. The van der Waals surface area contributed by atoms with Crippen molar-refractivity contribution in [2.24, 2.45) is 11.0 Å². The van der Waals surface area contributed by atoms with Crippen LogP contribution in [0.4, 0.5) is 0 Å². The zero-order valence-electron chi connectivity index (χ0n) is 6.68. The van der Waals surface area contributed by atoms with Gasteiger partial charge in [0.15, 0.2) is 0 Å². The first-order chi connectivity index (χ1) is 4.68. The predicted octanol–water partition coefficient (Wildman–Crippen LogP) is 0.301. The lowest BCUT2D eigenvalue weighted by atomic mass is 10.1. The Hall–Kier alpha value is -0.770. The van der Waals surface area contributed by atoms with Crippen molar-refractivity contribution < 1.29 is 0 Å². The Morgan fingerprint density at radius 3 is 2.70 bits per heavy atom. The zero-order valence-corrected chi connectivity index (χ0v) is 6.68. The van der Waals surface area contributed by atoms with E-state index in [4.69, 9.17) is 0 Å². The molecule has 1 heterocycles. The van der Waals surface area contributed by atoms with Crippen LogP contribution in [-0.4, -0.2) is 18.0 Å². The normalized spacial score (nSPS) is 17.6. The predicted molar refractivity (Wildman–Crippen MR) is 40.9 cm³/mol. The fourth-order valence-corrected chi connectivity index (χ4v) is 0.855. The third kappa shape index (κ3) is 1.88. The van der Waals surface area contributed by atoms with Crippen LogP contribution < -0.4 is 11.0 Å². The molecule has 1 rings (SSSR count). The van der Waals surface area contributed by atoms with Gasteiger partial charge >= 0.3 is 0 Å². The van der Waals surface area contributed by atoms with Gasteiger partial charge in [0.05, 0.1) is 0 Å². The summed E-state index contributed by atoms with van der Waals surface area (Å²) in [4.78, 5) is 0. The van der Waals surface area contributed by atoms with Crippen molar-refractivity contribution in [2.45, 2.75) is 20.3 Å². The first-order valence-corrected chi connectivity index (χ1v) is 3.51. The van der Waals surface area contributed by atoms with Gasteiger partial charge in [0, 0.05) is 13.5 Å². The van der Waals surface area contributed by atoms with Crippen LogP contribution in [0.5, 0.6) is 0 Å². The van der Waals surface area contributed by atoms with Gasteiger partial charge in [-0.2, -0.15) is 0 Å². The molecule has 0 fully saturated rings. The second-order valence-corrected chi connectivity index (χ2v) is 2.91. The molecule has 0 atom stereocenters. The molecule has 4 nitrogen and oxygen atoms in total. The fraction of sp³-hybridized carbons (Fsp3) is 0.833. The van der Waals surface area contributed by atoms with Gasteiger partial charge in [-0.05, 0) is 5.92 Å². The summed E-state index contributed by atoms with van der Waals surface area (Å²) in [6.45, 7) is 4.34. The van der Waals surface area contributed by atoms with E-state index in [2.05, 4.69) is 29.9 Å². The molecule has 10 heavy (non-hydrogen) atoms. The zero-order chi connectivity index (χ0) is 7.56. The molecule has 1 aliphatic rings. The molecular weight excluding hydrogens is 128 g/mol. The third-order valence-electron chi connectivity index (χ3n) is 1.23. The summed E-state index contributed by atoms with van der Waals surface area (Å²) in [5.41, 5.74) is 5.82. The van der Waals surface area contributed by atoms with Crippen LogP contribution in [0.1, 0.15) is 20.3 Å². The van der Waals surface area contributed by atoms with Crippen LogP contribution in [0.25, 0.3) is 0 Å². The first-order valence-electron chi connectivity index (χ1n) is 3.51. The SMILES string of the molecule is CC(C)CC1=NN(C)NN1. The average Bonchev–Trinajstić information content (AvgIpc) is 2.13. The van der Waals surface area contributed by atoms with E-state index >= 15 is 0 Å². The Labute approximate surface area is 61.2 Å². The quantitative estimate of drug-likeness (QED) is 0.582. The summed E-state index contributed by atoms with van der Waals surface area (Å²) in [5, 5.41) is 5.82. The number of rotatable bonds is 2. The molecule has 0 aromatic rings. The van der Waals surface area contributed by atoms with Crippen molar-refractivity contribution >= 4 is 5.84 Å². The maximum absolute atomic E-state index is 4.16. The largest absolute Gasteiger partial charge is 0.289 e. The Morgan fingerprint density at radius 2 is 2.30 bits per heavy atom. The lowest BCUT2D eigenvalue weighted by Crippen LogP contribution is -2.36. The Bertz CT molecular complexity index is 141. The highest BCUT2D eigenvalue weighted by atomic mass is 15.8. The summed E-state index contributed by atoms with van der Waals surface area (Å²) in [6, 6.07) is 0. The van der Waals surface area contributed by atoms with E-state index in [0.717, 1.165) is 12.3 Å². The molecule has 0 spiro atoms. The summed E-state index contributed by atoms with van der Waals surface area (Å²) in [7, 11) is 1.86. The maximum Gasteiger partial charge on any atom is 0.139 e. The molecule has 0 amide bonds. The number of nitrogens with zero attached hydrogens (tertiary/aromatic N) is 2. The van der Waals surface area contributed by atoms with Gasteiger partial charge < -0.3 is 0 Å². The minimum atomic E-state index is 0.652. The van der Waals surface area contributed by atoms with E-state index in [1.54, 1.807) is 5.12 Å². The van der Waals surface area contributed by atoms with E-state index in [1.807, 2.05) is 7.05 Å². The first kappa shape index (κ1) is 7.34. The summed E-state index contributed by atoms with van der Waals surface area (Å²) < 4.78 is 0. The van der Waals surface area contributed by atoms with Crippen LogP contribution in [0, 0.1) is 5.92 Å². The van der Waals surface area contributed by atoms with Gasteiger partial charge in [0.25, 0.3) is 0 Å². The van der Waals surface area contributed by atoms with E-state index in [-0.39, 0.29) is 0 Å². The van der Waals surface area contributed by atoms with Crippen LogP contribution in [-0.2, 0) is 0 Å². The number of nitrogens with one attached hydrogen (secondary N) is 2. The summed E-state index contributed by atoms with van der Waals surface area (Å²) in [6.07, 6.45) is 0.997. The van der Waals surface area contributed by atoms with Crippen LogP contribution in [0.15, 0.2) is 5.10 Å². The van der Waals surface area contributed by atoms with Crippen molar-refractivity contribution in [1.82, 2.24) is 16.1 Å². The second kappa shape index (κ2) is 2.88. The minimum absolute atomic E-state index is 0.652. The van der Waals surface area contributed by atoms with E-state index in [9.17, 15) is 0 Å². The fourth-order valence-electron chi connectivity index (χ4n) is 0.855. The molecule has 2 N–H and O–H groups in total. The monoisotopic (exact) mass is 142 g/mol. The van der Waals surface area contributed by atoms with Crippen molar-refractivity contribution in [3.05, 3.63) is 0 Å². The maximum atomic E-state index is 4.16. The smallest absolute Gasteiger partial charge is 0.139 e. The molecule has 1 aliphatic heterocycles. The number of hydrazone groups is 1. The van der Waals surface area contributed by atoms with Crippen molar-refractivity contribution in [2.75, 3.05) is 7.05 Å². The molecule has 0 unspecified atom stereocenters. The molecule has 58 valence electrons. The van der Waals surface area contributed by atoms with Gasteiger partial charge in [-0.15, -0.1) is 10.6 Å². The standard InChI is InChI=1S/C6H14N4/c1-5(2)4-6-7-9-10(3)8-6/h5,9H,4H2,1-3H3,(H,7,8). The van der Waals surface area contributed by atoms with Crippen LogP contribution >= 0.6 is 0 Å². The Kier molecular flexibility index (Phi) is 2.11. The number of amidine groups is 1. The van der Waals surface area contributed by atoms with Crippen LogP contribution in [0.3, 0.4) is 0 Å². The Morgan fingerprint density at radius 1 is 1.60 bits per heavy atom. The highest BCUT2D eigenvalue weighted by Crippen LogP contribution is 2.01. The lowest BCUT2D eigenvalue weighted by Gasteiger charge is -2.03. The minimum Gasteiger partial charge on any atom is -0.289 e. The molecule has 0 aromatic heterocycles. The van der Waals surface area contributed by atoms with Crippen LogP contribution in [0.2, 0.25) is 0 Å². The molecular formula is C6H14N4. The third-order valence-corrected chi connectivity index (χ3v) is 1.23. The summed E-state index contributed by atoms with van der Waals surface area (Å²) in [5.74, 6) is 1.66. The van der Waals surface area contributed by atoms with Gasteiger partial charge in [-0.25, -0.2) is 5.12 Å². The highest BCUT2D eigenvalue weighted by Gasteiger charge is 2.09. The topological polar surface area (TPSA) is 39.7 Å². The highest BCUT2D eigenvalue weighted by molar-refractivity contribution is 5.82. The van der Waals surface area contributed by atoms with E-state index in [1.165, 1.54) is 0 Å². The van der Waals surface area contributed by atoms with Crippen molar-refractivity contribution in [1.29, 1.82) is 0 Å². The number of hydrogen-bond acceptors (Lipinski definition) is 4. The Balaban J connectivity index is 2.35. The molecule has 0 saturated carbocycles. The number of hydrazine groups is 2. The van der Waals surface area contributed by atoms with Crippen molar-refractivity contribution in [3.8, 4) is 0 Å². The molecule has 0 aromatic carbocycles.